The summed E-state index contributed by atoms with van der Waals surface area (Å²) in [7, 11) is -4.28. The maximum Gasteiger partial charge on any atom is 0.338 e. The third-order valence-corrected chi connectivity index (χ3v) is 11.8. The number of nitrogens with zero attached hydrogens (tertiary/aromatic N) is 4. The van der Waals surface area contributed by atoms with Crippen LogP contribution < -0.4 is 14.9 Å². The van der Waals surface area contributed by atoms with Crippen molar-refractivity contribution in [1.82, 2.24) is 8.54 Å². The molecule has 51 heavy (non-hydrogen) atoms. The molecule has 0 radical (unpaired) electrons. The summed E-state index contributed by atoms with van der Waals surface area (Å²) in [5, 5.41) is 12.0. The van der Waals surface area contributed by atoms with Gasteiger partial charge in [-0.25, -0.2) is 22.2 Å². The van der Waals surface area contributed by atoms with Crippen molar-refractivity contribution in [3.63, 3.8) is 0 Å². The molecule has 0 spiro atoms. The molecule has 0 amide bonds. The zero-order chi connectivity index (χ0) is 35.9. The number of para-hydroxylation sites is 1. The van der Waals surface area contributed by atoms with Gasteiger partial charge in [-0.3, -0.25) is 19.5 Å². The number of thioether (sulfide) groups is 1. The van der Waals surface area contributed by atoms with Gasteiger partial charge in [0.1, 0.15) is 0 Å². The fraction of sp³-hybridized carbons (Fsp3) is 0.108. The first-order chi connectivity index (χ1) is 24.6. The lowest BCUT2D eigenvalue weighted by Gasteiger charge is -2.26. The molecule has 0 aliphatic carbocycles. The van der Waals surface area contributed by atoms with Crippen LogP contribution in [0.5, 0.6) is 0 Å². The van der Waals surface area contributed by atoms with Gasteiger partial charge >= 0.3 is 5.97 Å². The van der Waals surface area contributed by atoms with Crippen molar-refractivity contribution in [3.8, 4) is 0 Å². The second-order valence-corrected chi connectivity index (χ2v) is 15.1. The van der Waals surface area contributed by atoms with E-state index in [4.69, 9.17) is 9.73 Å². The van der Waals surface area contributed by atoms with Crippen LogP contribution in [0.25, 0.3) is 22.7 Å². The van der Waals surface area contributed by atoms with Crippen molar-refractivity contribution in [3.05, 3.63) is 161 Å². The first kappa shape index (κ1) is 33.9. The van der Waals surface area contributed by atoms with Crippen molar-refractivity contribution < 1.29 is 22.9 Å². The maximum atomic E-state index is 14.5. The summed E-state index contributed by atoms with van der Waals surface area (Å²) < 4.78 is 36.1. The van der Waals surface area contributed by atoms with Crippen LogP contribution in [0, 0.1) is 10.1 Å². The van der Waals surface area contributed by atoms with Crippen LogP contribution in [0.4, 0.5) is 5.69 Å². The first-order valence-corrected chi connectivity index (χ1v) is 19.1. The van der Waals surface area contributed by atoms with E-state index in [0.29, 0.717) is 38.1 Å². The number of non-ortho nitro benzene ring substituents is 1. The molecule has 6 aromatic rings. The Labute approximate surface area is 299 Å². The Kier molecular flexibility index (Phi) is 9.06. The quantitative estimate of drug-likeness (QED) is 0.0790. The summed E-state index contributed by atoms with van der Waals surface area (Å²) in [5.74, 6) is -0.595. The summed E-state index contributed by atoms with van der Waals surface area (Å²) in [6.07, 6.45) is 4.96. The van der Waals surface area contributed by atoms with Gasteiger partial charge in [0.25, 0.3) is 21.3 Å². The number of carbonyl (C=O) groups is 1. The molecule has 0 unspecified atom stereocenters. The Hall–Kier alpha value is -5.57. The van der Waals surface area contributed by atoms with Crippen LogP contribution in [0.15, 0.2) is 134 Å². The Bertz CT molecular complexity index is 2680. The summed E-state index contributed by atoms with van der Waals surface area (Å²) in [4.78, 5) is 45.0. The molecule has 0 saturated heterocycles. The zero-order valence-corrected chi connectivity index (χ0v) is 29.6. The molecule has 0 fully saturated rings. The number of hydrogen-bond donors (Lipinski definition) is 0. The van der Waals surface area contributed by atoms with Crippen LogP contribution in [0.2, 0.25) is 0 Å². The number of rotatable bonds is 9. The molecule has 1 atom stereocenters. The average Bonchev–Trinajstić information content (AvgIpc) is 3.68. The van der Waals surface area contributed by atoms with Crippen molar-refractivity contribution >= 4 is 67.5 Å². The number of esters is 1. The summed E-state index contributed by atoms with van der Waals surface area (Å²) in [6, 6.07) is 27.6. The number of carbonyl (C=O) groups excluding carboxylic acids is 1. The van der Waals surface area contributed by atoms with Gasteiger partial charge in [-0.2, -0.15) is 0 Å². The molecule has 1 aliphatic rings. The van der Waals surface area contributed by atoms with Gasteiger partial charge in [0.2, 0.25) is 0 Å². The minimum absolute atomic E-state index is 0.121. The predicted octanol–water partition coefficient (Wildman–Crippen LogP) is 5.76. The van der Waals surface area contributed by atoms with Gasteiger partial charge in [0.05, 0.1) is 43.8 Å². The van der Waals surface area contributed by atoms with Crippen molar-refractivity contribution in [1.29, 1.82) is 0 Å². The second-order valence-electron chi connectivity index (χ2n) is 11.4. The molecule has 2 aromatic heterocycles. The van der Waals surface area contributed by atoms with Crippen LogP contribution in [0.3, 0.4) is 0 Å². The molecule has 4 aromatic carbocycles. The molecule has 3 heterocycles. The van der Waals surface area contributed by atoms with Gasteiger partial charge in [0, 0.05) is 39.7 Å². The molecule has 14 heteroatoms. The van der Waals surface area contributed by atoms with Crippen LogP contribution in [0.1, 0.15) is 29.7 Å². The van der Waals surface area contributed by atoms with Gasteiger partial charge < -0.3 is 4.74 Å². The molecule has 7 rings (SSSR count). The lowest BCUT2D eigenvalue weighted by atomic mass is 9.93. The monoisotopic (exact) mass is 736 g/mol. The topological polar surface area (TPSA) is 143 Å². The number of hydrogen-bond acceptors (Lipinski definition) is 10. The SMILES string of the molecule is CCOC(=O)C1=C(c2ccccc2)N=c2s/c(=C\c3cn(S(=O)(=O)c4cccc([N+](=O)[O-])c4)c4ccccc34)c(=O)n2[C@@H]1c1ccc(SC)cc1. The van der Waals surface area contributed by atoms with E-state index < -0.39 is 32.5 Å². The van der Waals surface area contributed by atoms with Gasteiger partial charge in [0.15, 0.2) is 4.80 Å². The predicted molar refractivity (Wildman–Crippen MR) is 197 cm³/mol. The summed E-state index contributed by atoms with van der Waals surface area (Å²) >= 11 is 2.69. The number of nitro benzene ring substituents is 1. The largest absolute Gasteiger partial charge is 0.463 e. The zero-order valence-electron chi connectivity index (χ0n) is 27.1. The number of ether oxygens (including phenoxy) is 1. The smallest absolute Gasteiger partial charge is 0.338 e. The van der Waals surface area contributed by atoms with Crippen LogP contribution in [-0.4, -0.2) is 40.7 Å². The van der Waals surface area contributed by atoms with Gasteiger partial charge in [-0.05, 0) is 49.1 Å². The maximum absolute atomic E-state index is 14.5. The lowest BCUT2D eigenvalue weighted by molar-refractivity contribution is -0.385. The molecule has 0 saturated carbocycles. The van der Waals surface area contributed by atoms with E-state index in [9.17, 15) is 28.1 Å². The Balaban J connectivity index is 1.46. The fourth-order valence-corrected chi connectivity index (χ4v) is 8.86. The van der Waals surface area contributed by atoms with E-state index in [1.165, 1.54) is 29.0 Å². The third-order valence-electron chi connectivity index (χ3n) is 8.39. The molecule has 11 nitrogen and oxygen atoms in total. The highest BCUT2D eigenvalue weighted by atomic mass is 32.2. The van der Waals surface area contributed by atoms with E-state index in [1.54, 1.807) is 49.0 Å². The summed E-state index contributed by atoms with van der Waals surface area (Å²) in [5.41, 5.74) is 1.95. The number of aromatic nitrogens is 2. The van der Waals surface area contributed by atoms with E-state index in [1.807, 2.05) is 60.9 Å². The Morgan fingerprint density at radius 1 is 1.02 bits per heavy atom. The Morgan fingerprint density at radius 2 is 1.75 bits per heavy atom. The molecule has 0 N–H and O–H groups in total. The number of fused-ring (bicyclic) bond motifs is 2. The van der Waals surface area contributed by atoms with E-state index in [2.05, 4.69) is 0 Å². The summed E-state index contributed by atoms with van der Waals surface area (Å²) in [6.45, 7) is 1.84. The molecular formula is C37H28N4O7S3. The average molecular weight is 737 g/mol. The van der Waals surface area contributed by atoms with Crippen molar-refractivity contribution in [2.75, 3.05) is 12.9 Å². The minimum atomic E-state index is -4.28. The number of nitro groups is 1. The van der Waals surface area contributed by atoms with Crippen LogP contribution >= 0.6 is 23.1 Å². The first-order valence-electron chi connectivity index (χ1n) is 15.6. The molecule has 1 aliphatic heterocycles. The third kappa shape index (κ3) is 6.11. The van der Waals surface area contributed by atoms with Crippen molar-refractivity contribution in [2.24, 2.45) is 4.99 Å². The molecule has 256 valence electrons. The highest BCUT2D eigenvalue weighted by Crippen LogP contribution is 2.36. The highest BCUT2D eigenvalue weighted by Gasteiger charge is 2.35. The molecular weight excluding hydrogens is 709 g/mol. The van der Waals surface area contributed by atoms with E-state index in [-0.39, 0.29) is 27.3 Å². The fourth-order valence-electron chi connectivity index (χ4n) is 6.04. The normalized spacial score (nSPS) is 14.7. The standard InChI is InChI=1S/C37H28N4O7S3/c1-3-48-36(43)32-33(23-10-5-4-6-11-23)38-37-40(34(32)24-16-18-27(49-2)19-17-24)35(42)31(50-37)20-25-22-39(30-15-8-7-14-29(25)30)51(46,47)28-13-9-12-26(21-28)41(44)45/h4-22,34H,3H2,1-2H3/b31-20-/t34-/m1/s1. The lowest BCUT2D eigenvalue weighted by Crippen LogP contribution is -2.40. The van der Waals surface area contributed by atoms with Gasteiger partial charge in [-0.1, -0.05) is 78.1 Å². The van der Waals surface area contributed by atoms with E-state index in [0.717, 1.165) is 26.3 Å². The van der Waals surface area contributed by atoms with E-state index >= 15 is 0 Å². The Morgan fingerprint density at radius 3 is 2.45 bits per heavy atom. The molecule has 0 bridgehead atoms. The minimum Gasteiger partial charge on any atom is -0.463 e. The van der Waals surface area contributed by atoms with Gasteiger partial charge in [-0.15, -0.1) is 11.8 Å². The number of benzene rings is 4. The second kappa shape index (κ2) is 13.6. The highest BCUT2D eigenvalue weighted by molar-refractivity contribution is 7.98. The van der Waals surface area contributed by atoms with Crippen LogP contribution in [-0.2, 0) is 19.6 Å². The number of thiazole rings is 1. The van der Waals surface area contributed by atoms with Crippen molar-refractivity contribution in [2.45, 2.75) is 22.8 Å².